The summed E-state index contributed by atoms with van der Waals surface area (Å²) in [5.41, 5.74) is 9.83. The Kier molecular flexibility index (Phi) is 4.95. The molecule has 0 aromatic heterocycles. The Morgan fingerprint density at radius 2 is 1.52 bits per heavy atom. The average Bonchev–Trinajstić information content (AvgIpc) is 2.93. The van der Waals surface area contributed by atoms with Crippen molar-refractivity contribution < 1.29 is 22.9 Å². The molecule has 0 nitrogen and oxygen atoms in total. The van der Waals surface area contributed by atoms with E-state index in [4.69, 9.17) is 0 Å². The van der Waals surface area contributed by atoms with Crippen LogP contribution < -0.4 is 0 Å². The van der Waals surface area contributed by atoms with Crippen molar-refractivity contribution in [1.82, 2.24) is 0 Å². The fraction of sp³-hybridized carbons (Fsp3) is 0.500. The van der Waals surface area contributed by atoms with Crippen molar-refractivity contribution in [3.05, 3.63) is 61.0 Å². The summed E-state index contributed by atoms with van der Waals surface area (Å²) in [5, 5.41) is 0. The molecule has 0 radical (unpaired) electrons. The van der Waals surface area contributed by atoms with E-state index in [0.29, 0.717) is 14.5 Å². The molecule has 0 saturated carbocycles. The van der Waals surface area contributed by atoms with E-state index >= 15 is 0 Å². The number of benzene rings is 1. The van der Waals surface area contributed by atoms with Crippen LogP contribution in [0.3, 0.4) is 0 Å². The molecule has 0 fully saturated rings. The van der Waals surface area contributed by atoms with Gasteiger partial charge in [-0.3, -0.25) is 0 Å². The van der Waals surface area contributed by atoms with Crippen LogP contribution in [0.15, 0.2) is 49.9 Å². The predicted molar refractivity (Wildman–Crippen MR) is 106 cm³/mol. The summed E-state index contributed by atoms with van der Waals surface area (Å²) in [6.07, 6.45) is 3.84. The van der Waals surface area contributed by atoms with Crippen molar-refractivity contribution in [1.29, 1.82) is 0 Å². The molecule has 0 amide bonds. The van der Waals surface area contributed by atoms with Gasteiger partial charge in [-0.2, -0.15) is 0 Å². The molecular formula is C24H32Hf. The Morgan fingerprint density at radius 3 is 2.08 bits per heavy atom. The summed E-state index contributed by atoms with van der Waals surface area (Å²) in [6.45, 7) is 19.1. The Balaban J connectivity index is 2.00. The molecule has 0 heterocycles. The summed E-state index contributed by atoms with van der Waals surface area (Å²) in [7, 11) is 0. The number of rotatable bonds is 3. The SMILES string of the molecule is CC1=C(C)[C](C)([Hf][C]2=Cc3ccccc3C2CC(C)(C)C)C(C)=C1C. The molecule has 1 heteroatoms. The maximum atomic E-state index is 2.57. The molecule has 25 heavy (non-hydrogen) atoms. The van der Waals surface area contributed by atoms with E-state index in [1.165, 1.54) is 12.0 Å². The Hall–Kier alpha value is -0.690. The molecule has 0 spiro atoms. The van der Waals surface area contributed by atoms with Gasteiger partial charge in [0.15, 0.2) is 0 Å². The van der Waals surface area contributed by atoms with E-state index in [1.54, 1.807) is 27.9 Å². The van der Waals surface area contributed by atoms with E-state index in [9.17, 15) is 0 Å². The van der Waals surface area contributed by atoms with Crippen LogP contribution in [0.5, 0.6) is 0 Å². The molecule has 0 N–H and O–H groups in total. The van der Waals surface area contributed by atoms with Gasteiger partial charge >= 0.3 is 166 Å². The maximum absolute atomic E-state index is 2.57. The molecule has 2 aliphatic rings. The third-order valence-corrected chi connectivity index (χ3v) is 13.8. The molecule has 2 aliphatic carbocycles. The number of fused-ring (bicyclic) bond motifs is 1. The molecule has 3 rings (SSSR count). The molecule has 0 saturated heterocycles. The third-order valence-electron chi connectivity index (χ3n) is 6.46. The van der Waals surface area contributed by atoms with Crippen molar-refractivity contribution in [2.75, 3.05) is 0 Å². The van der Waals surface area contributed by atoms with Crippen molar-refractivity contribution in [2.45, 2.75) is 70.9 Å². The molecule has 1 unspecified atom stereocenters. The summed E-state index contributed by atoms with van der Waals surface area (Å²) >= 11 is -1.06. The molecular weight excluding hydrogens is 467 g/mol. The summed E-state index contributed by atoms with van der Waals surface area (Å²) in [5.74, 6) is 0.651. The molecule has 0 aliphatic heterocycles. The Bertz CT molecular complexity index is 772. The molecule has 1 aromatic rings. The van der Waals surface area contributed by atoms with Crippen molar-refractivity contribution in [3.8, 4) is 0 Å². The van der Waals surface area contributed by atoms with Gasteiger partial charge in [0, 0.05) is 0 Å². The minimum atomic E-state index is -1.06. The third kappa shape index (κ3) is 3.34. The second-order valence-electron chi connectivity index (χ2n) is 9.30. The second kappa shape index (κ2) is 6.48. The van der Waals surface area contributed by atoms with E-state index < -0.39 is 22.9 Å². The predicted octanol–water partition coefficient (Wildman–Crippen LogP) is 7.51. The van der Waals surface area contributed by atoms with Crippen LogP contribution in [0.2, 0.25) is 3.17 Å². The van der Waals surface area contributed by atoms with E-state index in [0.717, 1.165) is 0 Å². The normalized spacial score (nSPS) is 22.4. The first kappa shape index (κ1) is 19.1. The molecule has 1 atom stereocenters. The first-order valence-electron chi connectivity index (χ1n) is 9.49. The van der Waals surface area contributed by atoms with Gasteiger partial charge in [0.2, 0.25) is 0 Å². The number of hydrogen-bond acceptors (Lipinski definition) is 0. The fourth-order valence-corrected chi connectivity index (χ4v) is 11.6. The molecule has 0 bridgehead atoms. The van der Waals surface area contributed by atoms with Gasteiger partial charge in [0.25, 0.3) is 0 Å². The standard InChI is InChI=1S/C14H17.C10H15.Hf/c1-14(2,3)10-12-9-8-11-6-4-5-7-13(11)12;1-6-7(2)9(4)10(5)8(6)3;/h4-8,12H,10H2,1-3H3;1-5H3;. The first-order valence-corrected chi connectivity index (χ1v) is 13.1. The zero-order chi connectivity index (χ0) is 18.6. The van der Waals surface area contributed by atoms with Crippen LogP contribution in [0.25, 0.3) is 6.08 Å². The number of hydrogen-bond donors (Lipinski definition) is 0. The van der Waals surface area contributed by atoms with Crippen molar-refractivity contribution in [3.63, 3.8) is 0 Å². The second-order valence-corrected chi connectivity index (χ2v) is 15.9. The van der Waals surface area contributed by atoms with Crippen LogP contribution >= 0.6 is 0 Å². The zero-order valence-corrected chi connectivity index (χ0v) is 20.8. The van der Waals surface area contributed by atoms with E-state index in [-0.39, 0.29) is 0 Å². The van der Waals surface area contributed by atoms with Crippen LogP contribution in [0.1, 0.15) is 78.9 Å². The quantitative estimate of drug-likeness (QED) is 0.378. The molecule has 1 aromatic carbocycles. The van der Waals surface area contributed by atoms with Crippen molar-refractivity contribution in [2.24, 2.45) is 5.41 Å². The van der Waals surface area contributed by atoms with Gasteiger partial charge in [0.1, 0.15) is 0 Å². The van der Waals surface area contributed by atoms with Gasteiger partial charge < -0.3 is 0 Å². The topological polar surface area (TPSA) is 0 Å². The Labute approximate surface area is 165 Å². The van der Waals surface area contributed by atoms with Crippen LogP contribution in [-0.2, 0) is 22.9 Å². The summed E-state index contributed by atoms with van der Waals surface area (Å²) in [6, 6.07) is 9.11. The summed E-state index contributed by atoms with van der Waals surface area (Å²) < 4.78 is 2.19. The van der Waals surface area contributed by atoms with Crippen LogP contribution in [-0.4, -0.2) is 0 Å². The van der Waals surface area contributed by atoms with Crippen LogP contribution in [0, 0.1) is 5.41 Å². The van der Waals surface area contributed by atoms with Gasteiger partial charge in [-0.05, 0) is 0 Å². The van der Waals surface area contributed by atoms with Crippen molar-refractivity contribution >= 4 is 6.08 Å². The van der Waals surface area contributed by atoms with Crippen LogP contribution in [0.4, 0.5) is 0 Å². The van der Waals surface area contributed by atoms with Gasteiger partial charge in [-0.1, -0.05) is 0 Å². The average molecular weight is 499 g/mol. The van der Waals surface area contributed by atoms with Gasteiger partial charge in [-0.25, -0.2) is 0 Å². The van der Waals surface area contributed by atoms with Gasteiger partial charge in [0.05, 0.1) is 0 Å². The van der Waals surface area contributed by atoms with E-state index in [2.05, 4.69) is 85.7 Å². The monoisotopic (exact) mass is 500 g/mol. The molecule has 132 valence electrons. The zero-order valence-electron chi connectivity index (χ0n) is 17.2. The summed E-state index contributed by atoms with van der Waals surface area (Å²) in [4.78, 5) is 0. The Morgan fingerprint density at radius 1 is 0.960 bits per heavy atom. The van der Waals surface area contributed by atoms with E-state index in [1.807, 2.05) is 3.33 Å². The minimum absolute atomic E-state index is 0.364. The number of allylic oxidation sites excluding steroid dienone is 5. The fourth-order valence-electron chi connectivity index (χ4n) is 4.42. The first-order chi connectivity index (χ1) is 11.5. The van der Waals surface area contributed by atoms with Gasteiger partial charge in [-0.15, -0.1) is 0 Å².